The molecule has 0 amide bonds. The van der Waals surface area contributed by atoms with Crippen molar-refractivity contribution in [3.8, 4) is 0 Å². The van der Waals surface area contributed by atoms with E-state index in [1.807, 2.05) is 0 Å². The summed E-state index contributed by atoms with van der Waals surface area (Å²) in [7, 11) is 0. The molecule has 0 bridgehead atoms. The van der Waals surface area contributed by atoms with Crippen molar-refractivity contribution in [2.75, 3.05) is 0 Å². The largest absolute Gasteiger partial charge is 0.327 e. The van der Waals surface area contributed by atoms with Crippen molar-refractivity contribution < 1.29 is 0 Å². The third-order valence-electron chi connectivity index (χ3n) is 5.09. The number of alkyl halides is 1. The molecule has 0 aliphatic heterocycles. The standard InChI is InChI=1S/C18H25ClN2/c1-3-14-5-7-15(8-6-14)12-21-17-9-4-13(2)10-16(17)20-18(21)11-19/h4,9-10,14-15H,3,5-8,11-12H2,1-2H3. The Hall–Kier alpha value is -1.02. The maximum atomic E-state index is 6.12. The lowest BCUT2D eigenvalue weighted by Gasteiger charge is -2.28. The number of halogens is 1. The second-order valence-electron chi connectivity index (χ2n) is 6.56. The Morgan fingerprint density at radius 2 is 1.90 bits per heavy atom. The first-order valence-corrected chi connectivity index (χ1v) is 8.76. The number of rotatable bonds is 4. The molecule has 0 atom stereocenters. The summed E-state index contributed by atoms with van der Waals surface area (Å²) in [5, 5.41) is 0. The van der Waals surface area contributed by atoms with E-state index in [1.165, 1.54) is 43.2 Å². The Balaban J connectivity index is 1.83. The molecule has 21 heavy (non-hydrogen) atoms. The van der Waals surface area contributed by atoms with Crippen LogP contribution in [0.25, 0.3) is 11.0 Å². The van der Waals surface area contributed by atoms with E-state index in [0.717, 1.165) is 29.7 Å². The lowest BCUT2D eigenvalue weighted by atomic mass is 9.81. The lowest BCUT2D eigenvalue weighted by Crippen LogP contribution is -2.19. The summed E-state index contributed by atoms with van der Waals surface area (Å²) in [6.45, 7) is 5.52. The molecule has 1 fully saturated rings. The van der Waals surface area contributed by atoms with Gasteiger partial charge in [0.2, 0.25) is 0 Å². The molecule has 0 radical (unpaired) electrons. The topological polar surface area (TPSA) is 17.8 Å². The summed E-state index contributed by atoms with van der Waals surface area (Å²) < 4.78 is 2.36. The van der Waals surface area contributed by atoms with Crippen molar-refractivity contribution >= 4 is 22.6 Å². The van der Waals surface area contributed by atoms with Crippen LogP contribution in [0.5, 0.6) is 0 Å². The highest BCUT2D eigenvalue weighted by Gasteiger charge is 2.22. The van der Waals surface area contributed by atoms with Gasteiger partial charge in [-0.1, -0.05) is 32.3 Å². The molecule has 114 valence electrons. The molecule has 3 rings (SSSR count). The Morgan fingerprint density at radius 3 is 2.57 bits per heavy atom. The maximum absolute atomic E-state index is 6.12. The molecule has 3 heteroatoms. The van der Waals surface area contributed by atoms with Gasteiger partial charge in [0.25, 0.3) is 0 Å². The second kappa shape index (κ2) is 6.39. The fourth-order valence-corrected chi connectivity index (χ4v) is 3.88. The normalized spacial score (nSPS) is 22.8. The van der Waals surface area contributed by atoms with E-state index in [1.54, 1.807) is 0 Å². The van der Waals surface area contributed by atoms with Crippen LogP contribution in [0.1, 0.15) is 50.4 Å². The number of aryl methyl sites for hydroxylation is 1. The van der Waals surface area contributed by atoms with Gasteiger partial charge in [0, 0.05) is 6.54 Å². The average Bonchev–Trinajstić information content (AvgIpc) is 2.85. The Bertz CT molecular complexity index is 609. The van der Waals surface area contributed by atoms with Gasteiger partial charge in [-0.2, -0.15) is 0 Å². The summed E-state index contributed by atoms with van der Waals surface area (Å²) in [5.74, 6) is 3.26. The lowest BCUT2D eigenvalue weighted by molar-refractivity contribution is 0.248. The first kappa shape index (κ1) is 14.9. The summed E-state index contributed by atoms with van der Waals surface area (Å²) in [6, 6.07) is 6.54. The first-order chi connectivity index (χ1) is 10.2. The van der Waals surface area contributed by atoms with Crippen LogP contribution in [-0.2, 0) is 12.4 Å². The van der Waals surface area contributed by atoms with Gasteiger partial charge >= 0.3 is 0 Å². The molecule has 1 aromatic heterocycles. The zero-order valence-electron chi connectivity index (χ0n) is 13.1. The number of hydrogen-bond donors (Lipinski definition) is 0. The van der Waals surface area contributed by atoms with Crippen molar-refractivity contribution in [3.63, 3.8) is 0 Å². The number of imidazole rings is 1. The number of fused-ring (bicyclic) bond motifs is 1. The van der Waals surface area contributed by atoms with Crippen LogP contribution in [0.3, 0.4) is 0 Å². The molecule has 1 heterocycles. The Kier molecular flexibility index (Phi) is 4.54. The minimum atomic E-state index is 0.498. The molecule has 0 N–H and O–H groups in total. The number of hydrogen-bond acceptors (Lipinski definition) is 1. The predicted octanol–water partition coefficient (Wildman–Crippen LogP) is 5.30. The van der Waals surface area contributed by atoms with Crippen LogP contribution in [0, 0.1) is 18.8 Å². The van der Waals surface area contributed by atoms with Gasteiger partial charge in [0.05, 0.1) is 16.9 Å². The van der Waals surface area contributed by atoms with Crippen LogP contribution in [0.2, 0.25) is 0 Å². The highest BCUT2D eigenvalue weighted by atomic mass is 35.5. The van der Waals surface area contributed by atoms with Crippen molar-refractivity contribution in [2.24, 2.45) is 11.8 Å². The molecule has 0 unspecified atom stereocenters. The summed E-state index contributed by atoms with van der Waals surface area (Å²) in [6.07, 6.45) is 6.83. The van der Waals surface area contributed by atoms with Gasteiger partial charge < -0.3 is 4.57 Å². The molecular formula is C18H25ClN2. The number of nitrogens with zero attached hydrogens (tertiary/aromatic N) is 2. The van der Waals surface area contributed by atoms with Gasteiger partial charge in [-0.25, -0.2) is 4.98 Å². The summed E-state index contributed by atoms with van der Waals surface area (Å²) in [5.41, 5.74) is 3.60. The summed E-state index contributed by atoms with van der Waals surface area (Å²) in [4.78, 5) is 4.72. The van der Waals surface area contributed by atoms with Crippen LogP contribution in [0.4, 0.5) is 0 Å². The molecule has 1 saturated carbocycles. The van der Waals surface area contributed by atoms with Gasteiger partial charge in [-0.3, -0.25) is 0 Å². The van der Waals surface area contributed by atoms with Gasteiger partial charge in [-0.15, -0.1) is 11.6 Å². The van der Waals surface area contributed by atoms with Gasteiger partial charge in [-0.05, 0) is 49.3 Å². The van der Waals surface area contributed by atoms with E-state index in [9.17, 15) is 0 Å². The average molecular weight is 305 g/mol. The predicted molar refractivity (Wildman–Crippen MR) is 89.8 cm³/mol. The number of aromatic nitrogens is 2. The van der Waals surface area contributed by atoms with Crippen molar-refractivity contribution in [1.29, 1.82) is 0 Å². The fourth-order valence-electron chi connectivity index (χ4n) is 3.68. The smallest absolute Gasteiger partial charge is 0.124 e. The van der Waals surface area contributed by atoms with Crippen LogP contribution >= 0.6 is 11.6 Å². The van der Waals surface area contributed by atoms with E-state index >= 15 is 0 Å². The van der Waals surface area contributed by atoms with Crippen molar-refractivity contribution in [2.45, 2.75) is 58.4 Å². The Morgan fingerprint density at radius 1 is 1.19 bits per heavy atom. The zero-order chi connectivity index (χ0) is 14.8. The minimum absolute atomic E-state index is 0.498. The van der Waals surface area contributed by atoms with E-state index in [4.69, 9.17) is 16.6 Å². The minimum Gasteiger partial charge on any atom is -0.327 e. The molecule has 1 aliphatic rings. The summed E-state index contributed by atoms with van der Waals surface area (Å²) >= 11 is 6.12. The number of benzene rings is 1. The van der Waals surface area contributed by atoms with Gasteiger partial charge in [0.15, 0.2) is 0 Å². The molecule has 0 saturated heterocycles. The first-order valence-electron chi connectivity index (χ1n) is 8.23. The van der Waals surface area contributed by atoms with E-state index < -0.39 is 0 Å². The van der Waals surface area contributed by atoms with Gasteiger partial charge in [0.1, 0.15) is 5.82 Å². The van der Waals surface area contributed by atoms with Crippen LogP contribution in [0.15, 0.2) is 18.2 Å². The second-order valence-corrected chi connectivity index (χ2v) is 6.83. The van der Waals surface area contributed by atoms with Crippen LogP contribution < -0.4 is 0 Å². The molecule has 0 spiro atoms. The van der Waals surface area contributed by atoms with E-state index in [2.05, 4.69) is 36.6 Å². The highest BCUT2D eigenvalue weighted by Crippen LogP contribution is 2.32. The highest BCUT2D eigenvalue weighted by molar-refractivity contribution is 6.16. The maximum Gasteiger partial charge on any atom is 0.124 e. The molecular weight excluding hydrogens is 280 g/mol. The molecule has 2 nitrogen and oxygen atoms in total. The third kappa shape index (κ3) is 3.11. The molecule has 1 aliphatic carbocycles. The van der Waals surface area contributed by atoms with E-state index in [-0.39, 0.29) is 0 Å². The molecule has 2 aromatic rings. The van der Waals surface area contributed by atoms with Crippen molar-refractivity contribution in [3.05, 3.63) is 29.6 Å². The third-order valence-corrected chi connectivity index (χ3v) is 5.33. The Labute approximate surface area is 132 Å². The van der Waals surface area contributed by atoms with Crippen LogP contribution in [-0.4, -0.2) is 9.55 Å². The quantitative estimate of drug-likeness (QED) is 0.701. The van der Waals surface area contributed by atoms with Crippen molar-refractivity contribution in [1.82, 2.24) is 9.55 Å². The van der Waals surface area contributed by atoms with E-state index in [0.29, 0.717) is 5.88 Å². The SMILES string of the molecule is CCC1CCC(Cn2c(CCl)nc3cc(C)ccc32)CC1. The monoisotopic (exact) mass is 304 g/mol. The zero-order valence-corrected chi connectivity index (χ0v) is 13.9. The molecule has 1 aromatic carbocycles. The fraction of sp³-hybridized carbons (Fsp3) is 0.611.